The highest BCUT2D eigenvalue weighted by Gasteiger charge is 2.21. The number of non-ortho nitro benzene ring substituents is 1. The molecule has 0 aliphatic carbocycles. The molecule has 2 aromatic rings. The fourth-order valence-electron chi connectivity index (χ4n) is 1.77. The van der Waals surface area contributed by atoms with E-state index in [4.69, 9.17) is 0 Å². The highest BCUT2D eigenvalue weighted by Crippen LogP contribution is 2.31. The third-order valence-corrected chi connectivity index (χ3v) is 4.79. The van der Waals surface area contributed by atoms with Crippen molar-refractivity contribution in [3.63, 3.8) is 0 Å². The van der Waals surface area contributed by atoms with Crippen LogP contribution >= 0.6 is 23.1 Å². The predicted molar refractivity (Wildman–Crippen MR) is 66.2 cm³/mol. The maximum absolute atomic E-state index is 10.8. The molecular weight excluding hydrogens is 244 g/mol. The van der Waals surface area contributed by atoms with Gasteiger partial charge in [-0.25, -0.2) is 0 Å². The lowest BCUT2D eigenvalue weighted by atomic mass is 10.2. The molecule has 0 unspecified atom stereocenters. The van der Waals surface area contributed by atoms with Crippen LogP contribution in [0.2, 0.25) is 0 Å². The first-order valence-electron chi connectivity index (χ1n) is 4.66. The van der Waals surface area contributed by atoms with Gasteiger partial charge in [0.15, 0.2) is 0 Å². The monoisotopic (exact) mass is 255 g/mol. The summed E-state index contributed by atoms with van der Waals surface area (Å²) < 4.78 is 4.21. The first kappa shape index (κ1) is 11.3. The van der Waals surface area contributed by atoms with Gasteiger partial charge in [0.2, 0.25) is 5.52 Å². The van der Waals surface area contributed by atoms with Gasteiger partial charge in [0.25, 0.3) is 10.0 Å². The molecule has 0 saturated heterocycles. The third kappa shape index (κ3) is 1.68. The van der Waals surface area contributed by atoms with Crippen molar-refractivity contribution in [2.45, 2.75) is 11.3 Å². The van der Waals surface area contributed by atoms with Crippen molar-refractivity contribution in [3.05, 3.63) is 27.8 Å². The summed E-state index contributed by atoms with van der Waals surface area (Å²) in [5, 5.41) is 10.8. The van der Waals surface area contributed by atoms with Crippen molar-refractivity contribution in [2.75, 3.05) is 6.26 Å². The van der Waals surface area contributed by atoms with Gasteiger partial charge < -0.3 is 0 Å². The zero-order valence-electron chi connectivity index (χ0n) is 9.18. The summed E-state index contributed by atoms with van der Waals surface area (Å²) in [5.74, 6) is 0. The Kier molecular flexibility index (Phi) is 2.86. The summed E-state index contributed by atoms with van der Waals surface area (Å²) in [6, 6.07) is 3.27. The van der Waals surface area contributed by atoms with Gasteiger partial charge in [-0.1, -0.05) is 11.3 Å². The molecule has 0 amide bonds. The van der Waals surface area contributed by atoms with Gasteiger partial charge in [-0.3, -0.25) is 10.1 Å². The molecule has 0 radical (unpaired) electrons. The first-order valence-corrected chi connectivity index (χ1v) is 6.70. The number of nitro groups is 1. The second-order valence-corrected chi connectivity index (χ2v) is 5.58. The number of hydrogen-bond acceptors (Lipinski definition) is 4. The van der Waals surface area contributed by atoms with Crippen LogP contribution in [0.1, 0.15) is 5.56 Å². The van der Waals surface area contributed by atoms with Gasteiger partial charge in [-0.05, 0) is 24.9 Å². The third-order valence-electron chi connectivity index (χ3n) is 2.44. The van der Waals surface area contributed by atoms with E-state index in [9.17, 15) is 10.1 Å². The SMILES string of the molecule is CSc1sc2cc([N+](=O)[O-])cc(C)c2[n+]1C. The van der Waals surface area contributed by atoms with Gasteiger partial charge in [0, 0.05) is 17.7 Å². The highest BCUT2D eigenvalue weighted by molar-refractivity contribution is 8.00. The van der Waals surface area contributed by atoms with Crippen LogP contribution in [0.4, 0.5) is 5.69 Å². The fourth-order valence-corrected chi connectivity index (χ4v) is 3.73. The summed E-state index contributed by atoms with van der Waals surface area (Å²) in [4.78, 5) is 10.4. The predicted octanol–water partition coefficient (Wildman–Crippen LogP) is 2.66. The molecule has 4 nitrogen and oxygen atoms in total. The van der Waals surface area contributed by atoms with E-state index in [-0.39, 0.29) is 10.6 Å². The molecule has 16 heavy (non-hydrogen) atoms. The average Bonchev–Trinajstić information content (AvgIpc) is 2.55. The number of benzene rings is 1. The Hall–Kier alpha value is -1.14. The summed E-state index contributed by atoms with van der Waals surface area (Å²) >= 11 is 3.25. The van der Waals surface area contributed by atoms with Crippen LogP contribution in [0.15, 0.2) is 16.5 Å². The van der Waals surface area contributed by atoms with Crippen LogP contribution in [-0.2, 0) is 7.05 Å². The minimum atomic E-state index is -0.342. The van der Waals surface area contributed by atoms with Gasteiger partial charge in [-0.2, -0.15) is 4.57 Å². The van der Waals surface area contributed by atoms with Gasteiger partial charge in [0.05, 0.1) is 4.92 Å². The number of hydrogen-bond donors (Lipinski definition) is 0. The number of aromatic nitrogens is 1. The maximum atomic E-state index is 10.8. The molecule has 0 aliphatic rings. The molecular formula is C10H11N2O2S2+. The van der Waals surface area contributed by atoms with Gasteiger partial charge in [0.1, 0.15) is 11.7 Å². The topological polar surface area (TPSA) is 47.0 Å². The lowest BCUT2D eigenvalue weighted by Crippen LogP contribution is -2.28. The number of thiazole rings is 1. The average molecular weight is 255 g/mol. The Labute approximate surface area is 101 Å². The number of rotatable bonds is 2. The molecule has 1 heterocycles. The van der Waals surface area contributed by atoms with Crippen LogP contribution in [0.5, 0.6) is 0 Å². The molecule has 0 N–H and O–H groups in total. The molecule has 1 aromatic carbocycles. The molecule has 0 aliphatic heterocycles. The molecule has 1 aromatic heterocycles. The second kappa shape index (κ2) is 4.03. The Balaban J connectivity index is 2.79. The van der Waals surface area contributed by atoms with Crippen molar-refractivity contribution in [1.29, 1.82) is 0 Å². The van der Waals surface area contributed by atoms with Crippen molar-refractivity contribution in [2.24, 2.45) is 7.05 Å². The lowest BCUT2D eigenvalue weighted by molar-refractivity contribution is -0.677. The van der Waals surface area contributed by atoms with E-state index in [2.05, 4.69) is 4.57 Å². The number of fused-ring (bicyclic) bond motifs is 1. The zero-order chi connectivity index (χ0) is 11.9. The second-order valence-electron chi connectivity index (χ2n) is 3.50. The summed E-state index contributed by atoms with van der Waals surface area (Å²) in [5.41, 5.74) is 2.20. The van der Waals surface area contributed by atoms with Gasteiger partial charge in [-0.15, -0.1) is 0 Å². The van der Waals surface area contributed by atoms with Gasteiger partial charge >= 0.3 is 0 Å². The van der Waals surface area contributed by atoms with Crippen LogP contribution in [0.25, 0.3) is 10.2 Å². The van der Waals surface area contributed by atoms with E-state index >= 15 is 0 Å². The lowest BCUT2D eigenvalue weighted by Gasteiger charge is -1.94. The molecule has 0 fully saturated rings. The molecule has 6 heteroatoms. The van der Waals surface area contributed by atoms with E-state index in [0.717, 1.165) is 20.1 Å². The van der Waals surface area contributed by atoms with Crippen molar-refractivity contribution in [1.82, 2.24) is 0 Å². The molecule has 0 spiro atoms. The minimum Gasteiger partial charge on any atom is -0.258 e. The maximum Gasteiger partial charge on any atom is 0.297 e. The Morgan fingerprint density at radius 2 is 2.19 bits per heavy atom. The van der Waals surface area contributed by atoms with Crippen LogP contribution in [-0.4, -0.2) is 11.2 Å². The molecule has 0 atom stereocenters. The minimum absolute atomic E-state index is 0.166. The quantitative estimate of drug-likeness (QED) is 0.359. The standard InChI is InChI=1S/C10H11N2O2S2/c1-6-4-7(12(13)14)5-8-9(6)11(2)10(15-3)16-8/h4-5H,1-3H3/q+1. The number of nitro benzene ring substituents is 1. The van der Waals surface area contributed by atoms with E-state index in [1.165, 1.54) is 0 Å². The van der Waals surface area contributed by atoms with Crippen LogP contribution in [0.3, 0.4) is 0 Å². The largest absolute Gasteiger partial charge is 0.297 e. The number of aryl methyl sites for hydroxylation is 2. The Morgan fingerprint density at radius 3 is 2.75 bits per heavy atom. The van der Waals surface area contributed by atoms with Crippen LogP contribution < -0.4 is 4.57 Å². The van der Waals surface area contributed by atoms with Crippen LogP contribution in [0, 0.1) is 17.0 Å². The number of nitrogens with zero attached hydrogens (tertiary/aromatic N) is 2. The molecule has 84 valence electrons. The molecule has 0 saturated carbocycles. The summed E-state index contributed by atoms with van der Waals surface area (Å²) in [7, 11) is 1.99. The van der Waals surface area contributed by atoms with E-state index in [1.807, 2.05) is 20.2 Å². The van der Waals surface area contributed by atoms with E-state index in [0.29, 0.717) is 0 Å². The van der Waals surface area contributed by atoms with E-state index in [1.54, 1.807) is 35.2 Å². The Morgan fingerprint density at radius 1 is 1.50 bits per heavy atom. The number of thioether (sulfide) groups is 1. The highest BCUT2D eigenvalue weighted by atomic mass is 32.2. The smallest absolute Gasteiger partial charge is 0.258 e. The zero-order valence-corrected chi connectivity index (χ0v) is 10.8. The molecule has 0 bridgehead atoms. The summed E-state index contributed by atoms with van der Waals surface area (Å²) in [6.07, 6.45) is 2.01. The molecule has 2 rings (SSSR count). The fraction of sp³-hybridized carbons (Fsp3) is 0.300. The Bertz CT molecular complexity index is 578. The first-order chi connectivity index (χ1) is 7.54. The van der Waals surface area contributed by atoms with Crippen molar-refractivity contribution < 1.29 is 9.49 Å². The van der Waals surface area contributed by atoms with Crippen molar-refractivity contribution in [3.8, 4) is 0 Å². The normalized spacial score (nSPS) is 10.9. The van der Waals surface area contributed by atoms with Crippen molar-refractivity contribution >= 4 is 39.0 Å². The van der Waals surface area contributed by atoms with E-state index < -0.39 is 0 Å². The summed E-state index contributed by atoms with van der Waals surface area (Å²) in [6.45, 7) is 1.91.